The number of hydrogen-bond donors (Lipinski definition) is 1. The van der Waals surface area contributed by atoms with Crippen LogP contribution < -0.4 is 14.2 Å². The number of nitrogens with one attached hydrogen (secondary N) is 1. The van der Waals surface area contributed by atoms with Gasteiger partial charge >= 0.3 is 6.18 Å². The maximum Gasteiger partial charge on any atom is 0.417 e. The van der Waals surface area contributed by atoms with E-state index in [4.69, 9.17) is 14.2 Å². The molecule has 0 aliphatic carbocycles. The van der Waals surface area contributed by atoms with E-state index in [-0.39, 0.29) is 24.7 Å². The van der Waals surface area contributed by atoms with Crippen molar-refractivity contribution >= 4 is 5.91 Å². The molecule has 0 atom stereocenters. The van der Waals surface area contributed by atoms with Crippen LogP contribution in [0.15, 0.2) is 42.6 Å². The molecular formula is C20H15F3N4O4. The molecule has 1 aromatic carbocycles. The van der Waals surface area contributed by atoms with Crippen molar-refractivity contribution in [1.82, 2.24) is 20.1 Å². The molecule has 1 amide bonds. The van der Waals surface area contributed by atoms with Gasteiger partial charge in [-0.25, -0.2) is 4.98 Å². The maximum absolute atomic E-state index is 12.6. The molecular weight excluding hydrogens is 417 g/mol. The fraction of sp³-hybridized carbons (Fsp3) is 0.250. The highest BCUT2D eigenvalue weighted by Crippen LogP contribution is 2.35. The lowest BCUT2D eigenvalue weighted by molar-refractivity contribution is -0.137. The molecule has 4 heterocycles. The zero-order chi connectivity index (χ0) is 21.6. The van der Waals surface area contributed by atoms with Gasteiger partial charge in [0.15, 0.2) is 11.5 Å². The smallest absolute Gasteiger partial charge is 0.417 e. The Morgan fingerprint density at radius 3 is 2.68 bits per heavy atom. The van der Waals surface area contributed by atoms with E-state index in [1.165, 1.54) is 6.07 Å². The number of alkyl halides is 3. The third-order valence-corrected chi connectivity index (χ3v) is 4.96. The van der Waals surface area contributed by atoms with E-state index in [9.17, 15) is 18.0 Å². The number of pyridine rings is 1. The molecule has 1 fully saturated rings. The highest BCUT2D eigenvalue weighted by molar-refractivity contribution is 5.94. The largest absolute Gasteiger partial charge is 0.471 e. The van der Waals surface area contributed by atoms with E-state index in [1.807, 2.05) is 6.07 Å². The first-order valence-corrected chi connectivity index (χ1v) is 9.31. The van der Waals surface area contributed by atoms with Crippen molar-refractivity contribution in [3.8, 4) is 28.6 Å². The second-order valence-electron chi connectivity index (χ2n) is 7.07. The molecule has 5 rings (SSSR count). The van der Waals surface area contributed by atoms with Crippen molar-refractivity contribution in [3.63, 3.8) is 0 Å². The number of nitrogens with zero attached hydrogens (tertiary/aromatic N) is 3. The van der Waals surface area contributed by atoms with Gasteiger partial charge in [-0.2, -0.15) is 18.3 Å². The average molecular weight is 432 g/mol. The van der Waals surface area contributed by atoms with Crippen molar-refractivity contribution in [2.24, 2.45) is 0 Å². The molecule has 1 N–H and O–H groups in total. The number of aromatic nitrogens is 3. The Hall–Kier alpha value is -3.76. The molecule has 2 aromatic heterocycles. The standard InChI is InChI=1S/C20H15F3N4O4/c21-20(22,23)12-2-4-18(24-7-12)31-13-8-27(9-13)19(28)15-6-14(25-26-15)11-1-3-16-17(5-11)30-10-29-16/h1-7,13H,8-10H2,(H,25,26). The van der Waals surface area contributed by atoms with Gasteiger partial charge in [0.1, 0.15) is 11.8 Å². The molecule has 0 spiro atoms. The summed E-state index contributed by atoms with van der Waals surface area (Å²) in [4.78, 5) is 17.8. The van der Waals surface area contributed by atoms with Crippen LogP contribution in [0.1, 0.15) is 16.1 Å². The van der Waals surface area contributed by atoms with Gasteiger partial charge in [0.05, 0.1) is 24.3 Å². The summed E-state index contributed by atoms with van der Waals surface area (Å²) in [5, 5.41) is 6.92. The number of amides is 1. The summed E-state index contributed by atoms with van der Waals surface area (Å²) in [7, 11) is 0. The van der Waals surface area contributed by atoms with Gasteiger partial charge in [0.2, 0.25) is 12.7 Å². The van der Waals surface area contributed by atoms with Crippen molar-refractivity contribution in [3.05, 3.63) is 53.9 Å². The molecule has 31 heavy (non-hydrogen) atoms. The minimum Gasteiger partial charge on any atom is -0.471 e. The zero-order valence-electron chi connectivity index (χ0n) is 15.8. The second-order valence-corrected chi connectivity index (χ2v) is 7.07. The Bertz CT molecular complexity index is 1120. The summed E-state index contributed by atoms with van der Waals surface area (Å²) in [6.07, 6.45) is -4.07. The first kappa shape index (κ1) is 19.2. The quantitative estimate of drug-likeness (QED) is 0.682. The minimum absolute atomic E-state index is 0.0803. The van der Waals surface area contributed by atoms with Gasteiger partial charge in [-0.15, -0.1) is 0 Å². The number of carbonyl (C=O) groups excluding carboxylic acids is 1. The van der Waals surface area contributed by atoms with Crippen LogP contribution in [0.5, 0.6) is 17.4 Å². The number of hydrogen-bond acceptors (Lipinski definition) is 6. The van der Waals surface area contributed by atoms with Crippen LogP contribution in [-0.2, 0) is 6.18 Å². The summed E-state index contributed by atoms with van der Waals surface area (Å²) in [5.74, 6) is 1.11. The predicted octanol–water partition coefficient (Wildman–Crippen LogP) is 3.12. The molecule has 160 valence electrons. The molecule has 0 bridgehead atoms. The van der Waals surface area contributed by atoms with Crippen molar-refractivity contribution in [1.29, 1.82) is 0 Å². The zero-order valence-corrected chi connectivity index (χ0v) is 15.8. The molecule has 3 aromatic rings. The Labute approximate surface area is 173 Å². The van der Waals surface area contributed by atoms with E-state index < -0.39 is 11.7 Å². The monoisotopic (exact) mass is 432 g/mol. The highest BCUT2D eigenvalue weighted by Gasteiger charge is 2.35. The van der Waals surface area contributed by atoms with Crippen molar-refractivity contribution in [2.45, 2.75) is 12.3 Å². The van der Waals surface area contributed by atoms with Gasteiger partial charge in [0.25, 0.3) is 5.91 Å². The molecule has 0 unspecified atom stereocenters. The summed E-state index contributed by atoms with van der Waals surface area (Å²) >= 11 is 0. The number of likely N-dealkylation sites (tertiary alicyclic amines) is 1. The van der Waals surface area contributed by atoms with Gasteiger partial charge in [0, 0.05) is 17.8 Å². The third kappa shape index (κ3) is 3.74. The predicted molar refractivity (Wildman–Crippen MR) is 99.7 cm³/mol. The third-order valence-electron chi connectivity index (χ3n) is 4.96. The van der Waals surface area contributed by atoms with E-state index in [0.717, 1.165) is 17.8 Å². The molecule has 2 aliphatic rings. The average Bonchev–Trinajstić information content (AvgIpc) is 3.38. The normalized spacial score (nSPS) is 15.6. The van der Waals surface area contributed by atoms with Crippen LogP contribution in [0, 0.1) is 0 Å². The van der Waals surface area contributed by atoms with Gasteiger partial charge in [-0.1, -0.05) is 0 Å². The number of H-pyrrole nitrogens is 1. The lowest BCUT2D eigenvalue weighted by Gasteiger charge is -2.38. The summed E-state index contributed by atoms with van der Waals surface area (Å²) in [6, 6.07) is 9.11. The molecule has 0 saturated carbocycles. The topological polar surface area (TPSA) is 89.6 Å². The number of rotatable bonds is 4. The Morgan fingerprint density at radius 1 is 1.13 bits per heavy atom. The maximum atomic E-state index is 12.6. The van der Waals surface area contributed by atoms with Crippen molar-refractivity contribution in [2.75, 3.05) is 19.9 Å². The lowest BCUT2D eigenvalue weighted by atomic mass is 10.1. The van der Waals surface area contributed by atoms with E-state index >= 15 is 0 Å². The fourth-order valence-electron chi connectivity index (χ4n) is 3.27. The Kier molecular flexibility index (Phi) is 4.45. The summed E-state index contributed by atoms with van der Waals surface area (Å²) in [6.45, 7) is 0.753. The number of carbonyl (C=O) groups is 1. The summed E-state index contributed by atoms with van der Waals surface area (Å²) in [5.41, 5.74) is 0.836. The lowest BCUT2D eigenvalue weighted by Crippen LogP contribution is -2.56. The van der Waals surface area contributed by atoms with Crippen LogP contribution >= 0.6 is 0 Å². The molecule has 11 heteroatoms. The Morgan fingerprint density at radius 2 is 1.94 bits per heavy atom. The van der Waals surface area contributed by atoms with E-state index in [1.54, 1.807) is 23.1 Å². The van der Waals surface area contributed by atoms with Gasteiger partial charge in [-0.3, -0.25) is 9.89 Å². The minimum atomic E-state index is -4.45. The van der Waals surface area contributed by atoms with E-state index in [2.05, 4.69) is 15.2 Å². The Balaban J connectivity index is 1.18. The summed E-state index contributed by atoms with van der Waals surface area (Å²) < 4.78 is 53.9. The molecule has 0 radical (unpaired) electrons. The number of halogens is 3. The first-order valence-electron chi connectivity index (χ1n) is 9.31. The first-order chi connectivity index (χ1) is 14.9. The number of fused-ring (bicyclic) bond motifs is 1. The van der Waals surface area contributed by atoms with Crippen LogP contribution in [0.25, 0.3) is 11.3 Å². The second kappa shape index (κ2) is 7.18. The van der Waals surface area contributed by atoms with Crippen LogP contribution in [0.4, 0.5) is 13.2 Å². The highest BCUT2D eigenvalue weighted by atomic mass is 19.4. The molecule has 8 nitrogen and oxygen atoms in total. The van der Waals surface area contributed by atoms with Crippen LogP contribution in [-0.4, -0.2) is 52.0 Å². The van der Waals surface area contributed by atoms with E-state index in [0.29, 0.717) is 36.0 Å². The molecule has 2 aliphatic heterocycles. The number of benzene rings is 1. The van der Waals surface area contributed by atoms with Gasteiger partial charge < -0.3 is 19.1 Å². The number of aromatic amines is 1. The van der Waals surface area contributed by atoms with Crippen molar-refractivity contribution < 1.29 is 32.2 Å². The molecule has 1 saturated heterocycles. The SMILES string of the molecule is O=C(c1cc(-c2ccc3c(c2)OCO3)n[nH]1)N1CC(Oc2ccc(C(F)(F)F)cn2)C1. The van der Waals surface area contributed by atoms with Crippen LogP contribution in [0.2, 0.25) is 0 Å². The fourth-order valence-corrected chi connectivity index (χ4v) is 3.27. The number of ether oxygens (including phenoxy) is 3. The van der Waals surface area contributed by atoms with Gasteiger partial charge in [-0.05, 0) is 30.3 Å². The van der Waals surface area contributed by atoms with Crippen LogP contribution in [0.3, 0.4) is 0 Å².